The SMILES string of the molecule is COc1ccc(C2C3=C(CCCC3=O)Nc3nc(-c4ccc(Cl)c(Cl)c4)nn32)cc1OC. The van der Waals surface area contributed by atoms with Crippen molar-refractivity contribution >= 4 is 34.9 Å². The van der Waals surface area contributed by atoms with Crippen molar-refractivity contribution in [2.75, 3.05) is 19.5 Å². The molecule has 32 heavy (non-hydrogen) atoms. The number of benzene rings is 2. The number of methoxy groups -OCH3 is 2. The highest BCUT2D eigenvalue weighted by Crippen LogP contribution is 2.42. The Kier molecular flexibility index (Phi) is 5.31. The summed E-state index contributed by atoms with van der Waals surface area (Å²) in [5, 5.41) is 8.97. The number of fused-ring (bicyclic) bond motifs is 1. The molecule has 1 unspecified atom stereocenters. The third-order valence-corrected chi connectivity index (χ3v) is 6.51. The maximum atomic E-state index is 13.0. The zero-order valence-electron chi connectivity index (χ0n) is 17.5. The summed E-state index contributed by atoms with van der Waals surface area (Å²) in [6.45, 7) is 0. The summed E-state index contributed by atoms with van der Waals surface area (Å²) in [7, 11) is 3.18. The van der Waals surface area contributed by atoms with Gasteiger partial charge >= 0.3 is 0 Å². The Morgan fingerprint density at radius 2 is 1.84 bits per heavy atom. The lowest BCUT2D eigenvalue weighted by Crippen LogP contribution is -2.31. The van der Waals surface area contributed by atoms with Crippen LogP contribution in [0.4, 0.5) is 5.95 Å². The van der Waals surface area contributed by atoms with E-state index in [1.807, 2.05) is 24.3 Å². The monoisotopic (exact) mass is 470 g/mol. The Bertz CT molecular complexity index is 1270. The molecule has 1 aromatic heterocycles. The number of hydrogen-bond acceptors (Lipinski definition) is 6. The van der Waals surface area contributed by atoms with Crippen LogP contribution in [0.3, 0.4) is 0 Å². The fourth-order valence-electron chi connectivity index (χ4n) is 4.24. The second-order valence-electron chi connectivity index (χ2n) is 7.64. The van der Waals surface area contributed by atoms with Gasteiger partial charge in [-0.05, 0) is 48.7 Å². The molecule has 7 nitrogen and oxygen atoms in total. The van der Waals surface area contributed by atoms with Gasteiger partial charge in [-0.2, -0.15) is 4.98 Å². The van der Waals surface area contributed by atoms with Gasteiger partial charge in [0.25, 0.3) is 0 Å². The fourth-order valence-corrected chi connectivity index (χ4v) is 4.54. The van der Waals surface area contributed by atoms with E-state index < -0.39 is 6.04 Å². The van der Waals surface area contributed by atoms with E-state index in [0.717, 1.165) is 29.7 Å². The van der Waals surface area contributed by atoms with E-state index in [-0.39, 0.29) is 5.78 Å². The molecule has 3 aromatic rings. The van der Waals surface area contributed by atoms with E-state index in [1.165, 1.54) is 0 Å². The summed E-state index contributed by atoms with van der Waals surface area (Å²) in [4.78, 5) is 17.7. The number of anilines is 1. The first-order chi connectivity index (χ1) is 15.5. The summed E-state index contributed by atoms with van der Waals surface area (Å²) in [6, 6.07) is 10.5. The van der Waals surface area contributed by atoms with Gasteiger partial charge in [0.05, 0.1) is 24.3 Å². The van der Waals surface area contributed by atoms with Gasteiger partial charge in [-0.25, -0.2) is 4.68 Å². The van der Waals surface area contributed by atoms with E-state index in [4.69, 9.17) is 42.8 Å². The van der Waals surface area contributed by atoms with Crippen molar-refractivity contribution in [2.24, 2.45) is 0 Å². The molecule has 1 N–H and O–H groups in total. The van der Waals surface area contributed by atoms with Gasteiger partial charge < -0.3 is 14.8 Å². The first-order valence-electron chi connectivity index (χ1n) is 10.2. The molecule has 0 radical (unpaired) electrons. The van der Waals surface area contributed by atoms with Crippen molar-refractivity contribution in [3.63, 3.8) is 0 Å². The number of halogens is 2. The maximum Gasteiger partial charge on any atom is 0.226 e. The molecule has 9 heteroatoms. The van der Waals surface area contributed by atoms with Gasteiger partial charge in [0.2, 0.25) is 5.95 Å². The van der Waals surface area contributed by atoms with Crippen LogP contribution in [0.25, 0.3) is 11.4 Å². The zero-order valence-corrected chi connectivity index (χ0v) is 19.0. The quantitative estimate of drug-likeness (QED) is 0.557. The second kappa shape index (κ2) is 8.15. The van der Waals surface area contributed by atoms with Crippen LogP contribution in [0.5, 0.6) is 11.5 Å². The number of nitrogens with zero attached hydrogens (tertiary/aromatic N) is 3. The first kappa shape index (κ1) is 20.8. The molecule has 5 rings (SSSR count). The molecule has 2 aliphatic rings. The third kappa shape index (κ3) is 3.42. The van der Waals surface area contributed by atoms with Crippen molar-refractivity contribution < 1.29 is 14.3 Å². The van der Waals surface area contributed by atoms with E-state index in [1.54, 1.807) is 31.0 Å². The van der Waals surface area contributed by atoms with Crippen molar-refractivity contribution in [3.05, 3.63) is 63.3 Å². The molecule has 2 aromatic carbocycles. The molecular weight excluding hydrogens is 451 g/mol. The van der Waals surface area contributed by atoms with Gasteiger partial charge in [-0.3, -0.25) is 4.79 Å². The van der Waals surface area contributed by atoms with Crippen molar-refractivity contribution in [2.45, 2.75) is 25.3 Å². The van der Waals surface area contributed by atoms with E-state index >= 15 is 0 Å². The molecule has 0 saturated carbocycles. The smallest absolute Gasteiger partial charge is 0.226 e. The number of Topliss-reactive ketones (excluding diaryl/α,β-unsaturated/α-hetero) is 1. The molecular formula is C23H20Cl2N4O3. The highest BCUT2D eigenvalue weighted by molar-refractivity contribution is 6.42. The summed E-state index contributed by atoms with van der Waals surface area (Å²) in [6.07, 6.45) is 2.09. The van der Waals surface area contributed by atoms with E-state index in [2.05, 4.69) is 5.32 Å². The second-order valence-corrected chi connectivity index (χ2v) is 8.46. The minimum absolute atomic E-state index is 0.107. The topological polar surface area (TPSA) is 78.3 Å². The highest BCUT2D eigenvalue weighted by atomic mass is 35.5. The highest BCUT2D eigenvalue weighted by Gasteiger charge is 2.37. The molecule has 0 saturated heterocycles. The molecule has 0 fully saturated rings. The van der Waals surface area contributed by atoms with Crippen LogP contribution in [0.2, 0.25) is 10.0 Å². The van der Waals surface area contributed by atoms with Crippen molar-refractivity contribution in [1.82, 2.24) is 14.8 Å². The Morgan fingerprint density at radius 1 is 1.03 bits per heavy atom. The molecule has 1 aliphatic heterocycles. The van der Waals surface area contributed by atoms with Crippen LogP contribution in [0.15, 0.2) is 47.7 Å². The number of rotatable bonds is 4. The molecule has 0 bridgehead atoms. The van der Waals surface area contributed by atoms with Gasteiger partial charge in [-0.1, -0.05) is 29.3 Å². The first-order valence-corrected chi connectivity index (χ1v) is 10.9. The Morgan fingerprint density at radius 3 is 2.59 bits per heavy atom. The predicted molar refractivity (Wildman–Crippen MR) is 123 cm³/mol. The predicted octanol–water partition coefficient (Wildman–Crippen LogP) is 5.29. The molecule has 0 spiro atoms. The average Bonchev–Trinajstić information content (AvgIpc) is 3.23. The number of ketones is 1. The Hall–Kier alpha value is -3.03. The number of nitrogens with one attached hydrogen (secondary N) is 1. The van der Waals surface area contributed by atoms with E-state index in [0.29, 0.717) is 45.3 Å². The van der Waals surface area contributed by atoms with Crippen molar-refractivity contribution in [1.29, 1.82) is 0 Å². The fraction of sp³-hybridized carbons (Fsp3) is 0.261. The van der Waals surface area contributed by atoms with Gasteiger partial charge in [-0.15, -0.1) is 5.10 Å². The summed E-state index contributed by atoms with van der Waals surface area (Å²) < 4.78 is 12.6. The molecule has 0 amide bonds. The molecule has 1 atom stereocenters. The largest absolute Gasteiger partial charge is 0.493 e. The maximum absolute atomic E-state index is 13.0. The number of aromatic nitrogens is 3. The summed E-state index contributed by atoms with van der Waals surface area (Å²) in [5.74, 6) is 2.36. The number of carbonyl (C=O) groups is 1. The molecule has 2 heterocycles. The average molecular weight is 471 g/mol. The lowest BCUT2D eigenvalue weighted by Gasteiger charge is -2.32. The Balaban J connectivity index is 1.67. The molecule has 164 valence electrons. The van der Waals surface area contributed by atoms with Crippen LogP contribution in [0.1, 0.15) is 30.9 Å². The lowest BCUT2D eigenvalue weighted by molar-refractivity contribution is -0.116. The third-order valence-electron chi connectivity index (χ3n) is 5.77. The van der Waals surface area contributed by atoms with Gasteiger partial charge in [0, 0.05) is 23.3 Å². The lowest BCUT2D eigenvalue weighted by atomic mass is 9.85. The standard InChI is InChI=1S/C23H20Cl2N4O3/c1-31-18-9-7-12(11-19(18)32-2)21-20-16(4-3-5-17(20)30)26-23-27-22(28-29(21)23)13-6-8-14(24)15(25)10-13/h6-11,21H,3-5H2,1-2H3,(H,26,27,28). The summed E-state index contributed by atoms with van der Waals surface area (Å²) in [5.41, 5.74) is 3.19. The number of allylic oxidation sites excluding steroid dienone is 2. The normalized spacial score (nSPS) is 17.5. The minimum atomic E-state index is -0.433. The number of ether oxygens (including phenoxy) is 2. The van der Waals surface area contributed by atoms with E-state index in [9.17, 15) is 4.79 Å². The molecule has 1 aliphatic carbocycles. The van der Waals surface area contributed by atoms with Gasteiger partial charge in [0.15, 0.2) is 23.1 Å². The van der Waals surface area contributed by atoms with Crippen LogP contribution in [-0.2, 0) is 4.79 Å². The number of hydrogen-bond donors (Lipinski definition) is 1. The van der Waals surface area contributed by atoms with Crippen molar-refractivity contribution in [3.8, 4) is 22.9 Å². The minimum Gasteiger partial charge on any atom is -0.493 e. The van der Waals surface area contributed by atoms with Crippen LogP contribution in [-0.4, -0.2) is 34.8 Å². The zero-order chi connectivity index (χ0) is 22.4. The van der Waals surface area contributed by atoms with Crippen LogP contribution in [0, 0.1) is 0 Å². The number of carbonyl (C=O) groups excluding carboxylic acids is 1. The van der Waals surface area contributed by atoms with Crippen LogP contribution >= 0.6 is 23.2 Å². The summed E-state index contributed by atoms with van der Waals surface area (Å²) >= 11 is 12.3. The Labute approximate surface area is 195 Å². The van der Waals surface area contributed by atoms with Crippen LogP contribution < -0.4 is 14.8 Å². The van der Waals surface area contributed by atoms with Gasteiger partial charge in [0.1, 0.15) is 6.04 Å².